The van der Waals surface area contributed by atoms with Crippen molar-refractivity contribution in [2.75, 3.05) is 20.8 Å². The summed E-state index contributed by atoms with van der Waals surface area (Å²) in [6.07, 6.45) is 0. The molecule has 0 bridgehead atoms. The average molecular weight is 201 g/mol. The van der Waals surface area contributed by atoms with E-state index in [0.29, 0.717) is 25.7 Å². The first-order chi connectivity index (χ1) is 6.74. The van der Waals surface area contributed by atoms with Crippen LogP contribution in [-0.4, -0.2) is 35.2 Å². The van der Waals surface area contributed by atoms with Crippen LogP contribution in [0.1, 0.15) is 6.92 Å². The molecule has 0 saturated heterocycles. The van der Waals surface area contributed by atoms with Crippen molar-refractivity contribution < 1.29 is 9.47 Å². The van der Waals surface area contributed by atoms with E-state index >= 15 is 0 Å². The first-order valence-electron chi connectivity index (χ1n) is 4.45. The fourth-order valence-corrected chi connectivity index (χ4v) is 1.17. The minimum atomic E-state index is -0.165. The number of hydrogen-bond donors (Lipinski definition) is 0. The molecule has 6 nitrogen and oxygen atoms in total. The molecule has 14 heavy (non-hydrogen) atoms. The predicted molar refractivity (Wildman–Crippen MR) is 50.6 cm³/mol. The molecular formula is C8H15N3O3. The third-order valence-electron chi connectivity index (χ3n) is 1.89. The fraction of sp³-hybridized carbons (Fsp3) is 0.750. The van der Waals surface area contributed by atoms with Gasteiger partial charge in [0.1, 0.15) is 0 Å². The Morgan fingerprint density at radius 1 is 1.43 bits per heavy atom. The monoisotopic (exact) mass is 201 g/mol. The molecule has 0 aliphatic heterocycles. The van der Waals surface area contributed by atoms with Gasteiger partial charge in [0.05, 0.1) is 20.3 Å². The summed E-state index contributed by atoms with van der Waals surface area (Å²) in [7, 11) is 3.08. The van der Waals surface area contributed by atoms with E-state index in [0.717, 1.165) is 0 Å². The molecule has 0 aliphatic rings. The number of nitrogens with zero attached hydrogens (tertiary/aromatic N) is 3. The highest BCUT2D eigenvalue weighted by Crippen LogP contribution is 2.01. The Labute approximate surface area is 82.0 Å². The van der Waals surface area contributed by atoms with Crippen molar-refractivity contribution in [3.63, 3.8) is 0 Å². The summed E-state index contributed by atoms with van der Waals surface area (Å²) in [6, 6.07) is 0.341. The molecule has 1 aromatic heterocycles. The van der Waals surface area contributed by atoms with Gasteiger partial charge in [0.15, 0.2) is 0 Å². The van der Waals surface area contributed by atoms with Crippen LogP contribution < -0.4 is 10.4 Å². The van der Waals surface area contributed by atoms with Gasteiger partial charge in [-0.25, -0.2) is 14.0 Å². The molecule has 0 fully saturated rings. The molecule has 0 aliphatic carbocycles. The molecule has 80 valence electrons. The summed E-state index contributed by atoms with van der Waals surface area (Å²) in [6.45, 7) is 3.32. The van der Waals surface area contributed by atoms with Gasteiger partial charge in [0.25, 0.3) is 0 Å². The molecule has 1 heterocycles. The van der Waals surface area contributed by atoms with Gasteiger partial charge in [-0.3, -0.25) is 0 Å². The molecule has 0 unspecified atom stereocenters. The van der Waals surface area contributed by atoms with E-state index in [1.165, 1.54) is 16.4 Å². The van der Waals surface area contributed by atoms with E-state index in [1.54, 1.807) is 7.11 Å². The van der Waals surface area contributed by atoms with Crippen molar-refractivity contribution in [3.05, 3.63) is 10.5 Å². The van der Waals surface area contributed by atoms with Gasteiger partial charge >= 0.3 is 11.7 Å². The van der Waals surface area contributed by atoms with Crippen molar-refractivity contribution in [2.24, 2.45) is 0 Å². The van der Waals surface area contributed by atoms with E-state index in [1.807, 2.05) is 6.92 Å². The van der Waals surface area contributed by atoms with E-state index in [4.69, 9.17) is 9.47 Å². The van der Waals surface area contributed by atoms with Crippen molar-refractivity contribution in [1.82, 2.24) is 14.3 Å². The van der Waals surface area contributed by atoms with Crippen LogP contribution in [0.15, 0.2) is 4.79 Å². The first kappa shape index (κ1) is 10.8. The number of rotatable bonds is 5. The van der Waals surface area contributed by atoms with Crippen LogP contribution in [-0.2, 0) is 17.8 Å². The predicted octanol–water partition coefficient (Wildman–Crippen LogP) is -0.280. The Hall–Kier alpha value is -1.30. The van der Waals surface area contributed by atoms with Crippen LogP contribution in [0.5, 0.6) is 6.01 Å². The van der Waals surface area contributed by atoms with Gasteiger partial charge in [-0.15, -0.1) is 5.10 Å². The maximum atomic E-state index is 11.6. The summed E-state index contributed by atoms with van der Waals surface area (Å²) >= 11 is 0. The lowest BCUT2D eigenvalue weighted by atomic mass is 10.7. The maximum absolute atomic E-state index is 11.6. The molecule has 1 aromatic rings. The number of aromatic nitrogens is 3. The van der Waals surface area contributed by atoms with Crippen LogP contribution in [0, 0.1) is 0 Å². The van der Waals surface area contributed by atoms with Crippen LogP contribution in [0.4, 0.5) is 0 Å². The van der Waals surface area contributed by atoms with Gasteiger partial charge in [-0.05, 0) is 6.92 Å². The molecule has 0 saturated carbocycles. The van der Waals surface area contributed by atoms with Crippen molar-refractivity contribution in [3.8, 4) is 6.01 Å². The normalized spacial score (nSPS) is 10.5. The summed E-state index contributed by atoms with van der Waals surface area (Å²) < 4.78 is 12.6. The van der Waals surface area contributed by atoms with Gasteiger partial charge < -0.3 is 9.47 Å². The van der Waals surface area contributed by atoms with E-state index in [2.05, 4.69) is 5.10 Å². The SMILES string of the molecule is CCn1c(OC)nn(CCOC)c1=O. The third-order valence-corrected chi connectivity index (χ3v) is 1.89. The van der Waals surface area contributed by atoms with E-state index in [9.17, 15) is 4.79 Å². The topological polar surface area (TPSA) is 58.3 Å². The van der Waals surface area contributed by atoms with Crippen LogP contribution in [0.2, 0.25) is 0 Å². The molecule has 0 amide bonds. The molecule has 1 rings (SSSR count). The Bertz CT molecular complexity index is 342. The van der Waals surface area contributed by atoms with E-state index < -0.39 is 0 Å². The molecule has 0 N–H and O–H groups in total. The van der Waals surface area contributed by atoms with Crippen LogP contribution in [0.25, 0.3) is 0 Å². The Morgan fingerprint density at radius 3 is 2.57 bits per heavy atom. The highest BCUT2D eigenvalue weighted by molar-refractivity contribution is 4.93. The number of hydrogen-bond acceptors (Lipinski definition) is 4. The second kappa shape index (κ2) is 4.80. The Balaban J connectivity index is 2.96. The Kier molecular flexibility index (Phi) is 3.70. The highest BCUT2D eigenvalue weighted by atomic mass is 16.5. The minimum Gasteiger partial charge on any atom is -0.467 e. The summed E-state index contributed by atoms with van der Waals surface area (Å²) in [5, 5.41) is 4.00. The lowest BCUT2D eigenvalue weighted by Gasteiger charge is -1.97. The molecular weight excluding hydrogens is 186 g/mol. The van der Waals surface area contributed by atoms with Gasteiger partial charge in [0.2, 0.25) is 0 Å². The lowest BCUT2D eigenvalue weighted by Crippen LogP contribution is -2.26. The Morgan fingerprint density at radius 2 is 2.14 bits per heavy atom. The van der Waals surface area contributed by atoms with Crippen LogP contribution in [0.3, 0.4) is 0 Å². The van der Waals surface area contributed by atoms with Crippen molar-refractivity contribution >= 4 is 0 Å². The fourth-order valence-electron chi connectivity index (χ4n) is 1.17. The van der Waals surface area contributed by atoms with Gasteiger partial charge in [0, 0.05) is 13.7 Å². The molecule has 6 heteroatoms. The molecule has 0 aromatic carbocycles. The second-order valence-corrected chi connectivity index (χ2v) is 2.73. The minimum absolute atomic E-state index is 0.165. The standard InChI is InChI=1S/C8H15N3O3/c1-4-10-7(14-3)9-11(8(10)12)5-6-13-2/h4-6H2,1-3H3. The summed E-state index contributed by atoms with van der Waals surface area (Å²) in [4.78, 5) is 11.6. The average Bonchev–Trinajstić information content (AvgIpc) is 2.51. The summed E-state index contributed by atoms with van der Waals surface area (Å²) in [5.74, 6) is 0. The summed E-state index contributed by atoms with van der Waals surface area (Å²) in [5.41, 5.74) is -0.165. The largest absolute Gasteiger partial charge is 0.467 e. The first-order valence-corrected chi connectivity index (χ1v) is 4.45. The molecule has 0 spiro atoms. The lowest BCUT2D eigenvalue weighted by molar-refractivity contribution is 0.181. The zero-order chi connectivity index (χ0) is 10.6. The number of methoxy groups -OCH3 is 2. The van der Waals surface area contributed by atoms with Gasteiger partial charge in [-0.2, -0.15) is 0 Å². The van der Waals surface area contributed by atoms with Crippen molar-refractivity contribution in [1.29, 1.82) is 0 Å². The van der Waals surface area contributed by atoms with Gasteiger partial charge in [-0.1, -0.05) is 0 Å². The maximum Gasteiger partial charge on any atom is 0.348 e. The van der Waals surface area contributed by atoms with E-state index in [-0.39, 0.29) is 5.69 Å². The number of ether oxygens (including phenoxy) is 2. The molecule has 0 atom stereocenters. The molecule has 0 radical (unpaired) electrons. The van der Waals surface area contributed by atoms with Crippen molar-refractivity contribution in [2.45, 2.75) is 20.0 Å². The zero-order valence-electron chi connectivity index (χ0n) is 8.69. The highest BCUT2D eigenvalue weighted by Gasteiger charge is 2.11. The smallest absolute Gasteiger partial charge is 0.348 e. The third kappa shape index (κ3) is 1.95. The second-order valence-electron chi connectivity index (χ2n) is 2.73. The van der Waals surface area contributed by atoms with Crippen LogP contribution >= 0.6 is 0 Å². The zero-order valence-corrected chi connectivity index (χ0v) is 8.69. The quantitative estimate of drug-likeness (QED) is 0.657.